The molecule has 0 radical (unpaired) electrons. The molecular formula is C14H25N3O2S. The van der Waals surface area contributed by atoms with Gasteiger partial charge in [-0.15, -0.1) is 11.8 Å². The molecular weight excluding hydrogens is 274 g/mol. The van der Waals surface area contributed by atoms with Crippen molar-refractivity contribution in [1.29, 1.82) is 0 Å². The van der Waals surface area contributed by atoms with Crippen molar-refractivity contribution in [3.8, 4) is 0 Å². The first kappa shape index (κ1) is 15.7. The zero-order valence-corrected chi connectivity index (χ0v) is 13.2. The van der Waals surface area contributed by atoms with Crippen molar-refractivity contribution in [2.75, 3.05) is 32.2 Å². The highest BCUT2D eigenvalue weighted by Gasteiger charge is 2.29. The highest BCUT2D eigenvalue weighted by Crippen LogP contribution is 2.28. The van der Waals surface area contributed by atoms with E-state index in [1.165, 1.54) is 12.8 Å². The Morgan fingerprint density at radius 3 is 3.15 bits per heavy atom. The van der Waals surface area contributed by atoms with E-state index < -0.39 is 0 Å². The van der Waals surface area contributed by atoms with Gasteiger partial charge in [0, 0.05) is 25.1 Å². The molecule has 0 unspecified atom stereocenters. The van der Waals surface area contributed by atoms with Crippen LogP contribution in [0.4, 0.5) is 0 Å². The zero-order chi connectivity index (χ0) is 14.2. The molecule has 2 atom stereocenters. The fraction of sp³-hybridized carbons (Fsp3) is 0.786. The lowest BCUT2D eigenvalue weighted by molar-refractivity contribution is -0.0464. The molecule has 1 N–H and O–H groups in total. The van der Waals surface area contributed by atoms with Crippen LogP contribution in [-0.4, -0.2) is 54.6 Å². The maximum atomic E-state index is 5.96. The van der Waals surface area contributed by atoms with E-state index in [9.17, 15) is 0 Å². The van der Waals surface area contributed by atoms with Gasteiger partial charge in [0.25, 0.3) is 0 Å². The maximum Gasteiger partial charge on any atom is 0.142 e. The third kappa shape index (κ3) is 4.68. The summed E-state index contributed by atoms with van der Waals surface area (Å²) in [6, 6.07) is 0. The Morgan fingerprint density at radius 1 is 1.55 bits per heavy atom. The first-order valence-corrected chi connectivity index (χ1v) is 8.45. The van der Waals surface area contributed by atoms with Crippen LogP contribution in [0, 0.1) is 0 Å². The number of rotatable bonds is 7. The van der Waals surface area contributed by atoms with E-state index in [0.717, 1.165) is 24.7 Å². The largest absolute Gasteiger partial charge is 0.378 e. The molecule has 1 saturated heterocycles. The molecule has 0 bridgehead atoms. The Kier molecular flexibility index (Phi) is 6.69. The molecule has 1 fully saturated rings. The van der Waals surface area contributed by atoms with Gasteiger partial charge in [-0.1, -0.05) is 13.3 Å². The second kappa shape index (κ2) is 8.54. The first-order chi connectivity index (χ1) is 9.83. The van der Waals surface area contributed by atoms with E-state index in [1.807, 2.05) is 24.8 Å². The fourth-order valence-electron chi connectivity index (χ4n) is 2.04. The number of amidine groups is 1. The minimum Gasteiger partial charge on any atom is -0.378 e. The SMILES string of the molecule is CCCCNC1=NCN([C@H]2CS[C@@H](COCC)O2)C=C1. The van der Waals surface area contributed by atoms with Crippen molar-refractivity contribution in [3.05, 3.63) is 12.3 Å². The van der Waals surface area contributed by atoms with Crippen molar-refractivity contribution in [1.82, 2.24) is 10.2 Å². The summed E-state index contributed by atoms with van der Waals surface area (Å²) in [7, 11) is 0. The van der Waals surface area contributed by atoms with Crippen molar-refractivity contribution >= 4 is 17.6 Å². The van der Waals surface area contributed by atoms with Gasteiger partial charge in [-0.2, -0.15) is 0 Å². The van der Waals surface area contributed by atoms with Gasteiger partial charge >= 0.3 is 0 Å². The summed E-state index contributed by atoms with van der Waals surface area (Å²) in [5.41, 5.74) is 0.154. The second-order valence-electron chi connectivity index (χ2n) is 4.81. The Balaban J connectivity index is 1.70. The number of aliphatic imine (C=N–C) groups is 1. The molecule has 6 heteroatoms. The smallest absolute Gasteiger partial charge is 0.142 e. The third-order valence-electron chi connectivity index (χ3n) is 3.23. The fourth-order valence-corrected chi connectivity index (χ4v) is 3.09. The van der Waals surface area contributed by atoms with Gasteiger partial charge < -0.3 is 19.7 Å². The molecule has 114 valence electrons. The minimum atomic E-state index is 0.114. The Labute approximate surface area is 125 Å². The van der Waals surface area contributed by atoms with Gasteiger partial charge in [-0.25, -0.2) is 4.99 Å². The summed E-state index contributed by atoms with van der Waals surface area (Å²) in [6.07, 6.45) is 6.60. The van der Waals surface area contributed by atoms with Crippen LogP contribution in [-0.2, 0) is 9.47 Å². The molecule has 2 aliphatic rings. The molecule has 5 nitrogen and oxygen atoms in total. The van der Waals surface area contributed by atoms with E-state index >= 15 is 0 Å². The average Bonchev–Trinajstić information content (AvgIpc) is 2.95. The van der Waals surface area contributed by atoms with Gasteiger partial charge in [0.2, 0.25) is 0 Å². The van der Waals surface area contributed by atoms with Crippen molar-refractivity contribution in [2.45, 2.75) is 38.4 Å². The topological polar surface area (TPSA) is 46.1 Å². The monoisotopic (exact) mass is 299 g/mol. The van der Waals surface area contributed by atoms with Crippen molar-refractivity contribution in [2.24, 2.45) is 4.99 Å². The van der Waals surface area contributed by atoms with Crippen LogP contribution < -0.4 is 5.32 Å². The molecule has 0 aromatic heterocycles. The van der Waals surface area contributed by atoms with Crippen LogP contribution in [0.3, 0.4) is 0 Å². The predicted octanol–water partition coefficient (Wildman–Crippen LogP) is 2.01. The number of nitrogens with zero attached hydrogens (tertiary/aromatic N) is 2. The minimum absolute atomic E-state index is 0.114. The molecule has 0 spiro atoms. The number of thioether (sulfide) groups is 1. The average molecular weight is 299 g/mol. The summed E-state index contributed by atoms with van der Waals surface area (Å²) in [5, 5.41) is 3.34. The van der Waals surface area contributed by atoms with Gasteiger partial charge in [0.15, 0.2) is 0 Å². The summed E-state index contributed by atoms with van der Waals surface area (Å²) in [6.45, 7) is 7.26. The lowest BCUT2D eigenvalue weighted by Crippen LogP contribution is -2.37. The Morgan fingerprint density at radius 2 is 2.45 bits per heavy atom. The molecule has 0 aromatic rings. The Bertz CT molecular complexity index is 349. The number of ether oxygens (including phenoxy) is 2. The van der Waals surface area contributed by atoms with Gasteiger partial charge in [-0.3, -0.25) is 0 Å². The third-order valence-corrected chi connectivity index (χ3v) is 4.32. The number of nitrogens with one attached hydrogen (secondary N) is 1. The van der Waals surface area contributed by atoms with Crippen molar-refractivity contribution < 1.29 is 9.47 Å². The van der Waals surface area contributed by atoms with Crippen LogP contribution in [0.25, 0.3) is 0 Å². The molecule has 2 rings (SSSR count). The Hall–Kier alpha value is -0.720. The molecule has 2 heterocycles. The molecule has 0 saturated carbocycles. The quantitative estimate of drug-likeness (QED) is 0.729. The molecule has 20 heavy (non-hydrogen) atoms. The van der Waals surface area contributed by atoms with Gasteiger partial charge in [-0.05, 0) is 19.4 Å². The van der Waals surface area contributed by atoms with Crippen molar-refractivity contribution in [3.63, 3.8) is 0 Å². The molecule has 0 amide bonds. The van der Waals surface area contributed by atoms with Gasteiger partial charge in [0.05, 0.1) is 6.61 Å². The van der Waals surface area contributed by atoms with E-state index in [1.54, 1.807) is 0 Å². The number of hydrogen-bond acceptors (Lipinski definition) is 6. The number of unbranched alkanes of at least 4 members (excludes halogenated alkanes) is 1. The summed E-state index contributed by atoms with van der Waals surface area (Å²) in [5.74, 6) is 1.95. The number of hydrogen-bond donors (Lipinski definition) is 1. The maximum absolute atomic E-state index is 5.96. The van der Waals surface area contributed by atoms with Gasteiger partial charge in [0.1, 0.15) is 24.2 Å². The summed E-state index contributed by atoms with van der Waals surface area (Å²) < 4.78 is 11.4. The normalized spacial score (nSPS) is 25.9. The first-order valence-electron chi connectivity index (χ1n) is 7.40. The lowest BCUT2D eigenvalue weighted by Gasteiger charge is -2.27. The highest BCUT2D eigenvalue weighted by molar-refractivity contribution is 8.00. The second-order valence-corrected chi connectivity index (χ2v) is 6.00. The standard InChI is InChI=1S/C14H25N3O2S/c1-3-5-7-15-12-6-8-17(11-16-12)13-10-20-14(19-13)9-18-4-2/h6,8,13-14H,3-5,7,9-11H2,1-2H3,(H,15,16)/t13-,14+/m1/s1. The van der Waals surface area contributed by atoms with Crippen LogP contribution in [0.1, 0.15) is 26.7 Å². The van der Waals surface area contributed by atoms with Crippen LogP contribution >= 0.6 is 11.8 Å². The van der Waals surface area contributed by atoms with Crippen LogP contribution in [0.15, 0.2) is 17.3 Å². The van der Waals surface area contributed by atoms with E-state index in [-0.39, 0.29) is 11.7 Å². The summed E-state index contributed by atoms with van der Waals surface area (Å²) >= 11 is 1.81. The zero-order valence-electron chi connectivity index (χ0n) is 12.4. The highest BCUT2D eigenvalue weighted by atomic mass is 32.2. The lowest BCUT2D eigenvalue weighted by atomic mass is 10.3. The van der Waals surface area contributed by atoms with Crippen LogP contribution in [0.2, 0.25) is 0 Å². The van der Waals surface area contributed by atoms with E-state index in [4.69, 9.17) is 9.47 Å². The molecule has 2 aliphatic heterocycles. The van der Waals surface area contributed by atoms with Crippen LogP contribution in [0.5, 0.6) is 0 Å². The van der Waals surface area contributed by atoms with E-state index in [0.29, 0.717) is 13.3 Å². The summed E-state index contributed by atoms with van der Waals surface area (Å²) in [4.78, 5) is 6.68. The predicted molar refractivity (Wildman–Crippen MR) is 83.8 cm³/mol. The molecule has 0 aromatic carbocycles. The van der Waals surface area contributed by atoms with E-state index in [2.05, 4.69) is 28.3 Å². The molecule has 0 aliphatic carbocycles.